The quantitative estimate of drug-likeness (QED) is 0.737. The fourth-order valence-electron chi connectivity index (χ4n) is 2.08. The van der Waals surface area contributed by atoms with Gasteiger partial charge in [-0.05, 0) is 31.5 Å². The van der Waals surface area contributed by atoms with E-state index in [2.05, 4.69) is 5.32 Å². The molecule has 0 unspecified atom stereocenters. The number of rotatable bonds is 5. The van der Waals surface area contributed by atoms with Gasteiger partial charge in [0.05, 0.1) is 22.8 Å². The standard InChI is InChI=1S/C17H16ClFN2O4S/c1-3-9-8-10(16(23)25-4-2)15(26-9)21-17(24)20-14(22)13-11(18)6-5-7-12(13)19/h5-8H,3-4H2,1-2H3,(H2,20,21,22,24). The first-order valence-electron chi connectivity index (χ1n) is 7.73. The largest absolute Gasteiger partial charge is 0.462 e. The normalized spacial score (nSPS) is 10.3. The van der Waals surface area contributed by atoms with Crippen LogP contribution in [0, 0.1) is 5.82 Å². The van der Waals surface area contributed by atoms with Crippen molar-refractivity contribution in [2.45, 2.75) is 20.3 Å². The Morgan fingerprint density at radius 3 is 2.62 bits per heavy atom. The number of benzene rings is 1. The van der Waals surface area contributed by atoms with Crippen LogP contribution >= 0.6 is 22.9 Å². The Hall–Kier alpha value is -2.45. The van der Waals surface area contributed by atoms with E-state index in [9.17, 15) is 18.8 Å². The van der Waals surface area contributed by atoms with E-state index in [1.165, 1.54) is 23.5 Å². The van der Waals surface area contributed by atoms with Gasteiger partial charge < -0.3 is 4.74 Å². The van der Waals surface area contributed by atoms with Gasteiger partial charge >= 0.3 is 12.0 Å². The molecule has 2 aromatic rings. The number of hydrogen-bond acceptors (Lipinski definition) is 5. The van der Waals surface area contributed by atoms with E-state index in [4.69, 9.17) is 16.3 Å². The molecule has 0 radical (unpaired) electrons. The third-order valence-corrected chi connectivity index (χ3v) is 4.78. The molecule has 0 aliphatic carbocycles. The molecular formula is C17H16ClFN2O4S. The first-order chi connectivity index (χ1) is 12.4. The zero-order chi connectivity index (χ0) is 19.3. The Morgan fingerprint density at radius 1 is 1.27 bits per heavy atom. The number of imide groups is 1. The van der Waals surface area contributed by atoms with E-state index in [0.29, 0.717) is 6.42 Å². The van der Waals surface area contributed by atoms with Crippen LogP contribution in [0.1, 0.15) is 39.4 Å². The van der Waals surface area contributed by atoms with Crippen molar-refractivity contribution in [3.05, 3.63) is 51.1 Å². The Morgan fingerprint density at radius 2 is 2.00 bits per heavy atom. The summed E-state index contributed by atoms with van der Waals surface area (Å²) in [6, 6.07) is 4.45. The van der Waals surface area contributed by atoms with Crippen LogP contribution in [-0.4, -0.2) is 24.5 Å². The lowest BCUT2D eigenvalue weighted by molar-refractivity contribution is 0.0528. The van der Waals surface area contributed by atoms with Crippen LogP contribution in [0.3, 0.4) is 0 Å². The smallest absolute Gasteiger partial charge is 0.341 e. The third-order valence-electron chi connectivity index (χ3n) is 3.27. The van der Waals surface area contributed by atoms with Crippen molar-refractivity contribution in [2.75, 3.05) is 11.9 Å². The van der Waals surface area contributed by atoms with E-state index in [1.807, 2.05) is 12.2 Å². The summed E-state index contributed by atoms with van der Waals surface area (Å²) in [5.74, 6) is -2.42. The molecule has 3 amide bonds. The predicted molar refractivity (Wildman–Crippen MR) is 97.5 cm³/mol. The molecule has 138 valence electrons. The van der Waals surface area contributed by atoms with Crippen LogP contribution in [0.5, 0.6) is 0 Å². The summed E-state index contributed by atoms with van der Waals surface area (Å²) >= 11 is 6.99. The van der Waals surface area contributed by atoms with Gasteiger partial charge in [-0.1, -0.05) is 24.6 Å². The number of esters is 1. The maximum Gasteiger partial charge on any atom is 0.341 e. The van der Waals surface area contributed by atoms with Gasteiger partial charge in [-0.2, -0.15) is 0 Å². The number of halogens is 2. The number of aryl methyl sites for hydroxylation is 1. The minimum Gasteiger partial charge on any atom is -0.462 e. The van der Waals surface area contributed by atoms with E-state index in [0.717, 1.165) is 10.9 Å². The summed E-state index contributed by atoms with van der Waals surface area (Å²) in [7, 11) is 0. The Kier molecular flexibility index (Phi) is 6.70. The van der Waals surface area contributed by atoms with Crippen molar-refractivity contribution in [3.8, 4) is 0 Å². The summed E-state index contributed by atoms with van der Waals surface area (Å²) < 4.78 is 18.7. The van der Waals surface area contributed by atoms with Crippen molar-refractivity contribution in [2.24, 2.45) is 0 Å². The van der Waals surface area contributed by atoms with Crippen LogP contribution < -0.4 is 10.6 Å². The molecule has 1 heterocycles. The second-order valence-electron chi connectivity index (χ2n) is 5.03. The first-order valence-corrected chi connectivity index (χ1v) is 8.92. The van der Waals surface area contributed by atoms with Gasteiger partial charge in [-0.3, -0.25) is 15.4 Å². The molecular weight excluding hydrogens is 383 g/mol. The lowest BCUT2D eigenvalue weighted by Crippen LogP contribution is -2.35. The SMILES string of the molecule is CCOC(=O)c1cc(CC)sc1NC(=O)NC(=O)c1c(F)cccc1Cl. The number of anilines is 1. The van der Waals surface area contributed by atoms with Crippen LogP contribution in [0.4, 0.5) is 14.2 Å². The number of carbonyl (C=O) groups is 3. The average Bonchev–Trinajstić information content (AvgIpc) is 2.97. The maximum absolute atomic E-state index is 13.7. The molecule has 2 rings (SSSR count). The second kappa shape index (κ2) is 8.77. The highest BCUT2D eigenvalue weighted by molar-refractivity contribution is 7.16. The number of urea groups is 1. The minimum absolute atomic E-state index is 0.119. The maximum atomic E-state index is 13.7. The monoisotopic (exact) mass is 398 g/mol. The van der Waals surface area contributed by atoms with E-state index in [1.54, 1.807) is 13.0 Å². The van der Waals surface area contributed by atoms with Crippen molar-refractivity contribution in [3.63, 3.8) is 0 Å². The highest BCUT2D eigenvalue weighted by Crippen LogP contribution is 2.29. The summed E-state index contributed by atoms with van der Waals surface area (Å²) in [6.45, 7) is 3.75. The van der Waals surface area contributed by atoms with Gasteiger partial charge in [0.15, 0.2) is 0 Å². The molecule has 1 aromatic heterocycles. The summed E-state index contributed by atoms with van der Waals surface area (Å²) in [6.07, 6.45) is 0.657. The molecule has 0 fully saturated rings. The van der Waals surface area contributed by atoms with Crippen LogP contribution in [0.25, 0.3) is 0 Å². The second-order valence-corrected chi connectivity index (χ2v) is 6.58. The van der Waals surface area contributed by atoms with Crippen molar-refractivity contribution < 1.29 is 23.5 Å². The molecule has 0 aliphatic rings. The molecule has 0 bridgehead atoms. The lowest BCUT2D eigenvalue weighted by atomic mass is 10.2. The minimum atomic E-state index is -0.990. The van der Waals surface area contributed by atoms with Crippen molar-refractivity contribution >= 4 is 45.8 Å². The number of ether oxygens (including phenoxy) is 1. The van der Waals surface area contributed by atoms with Crippen molar-refractivity contribution in [1.82, 2.24) is 5.32 Å². The van der Waals surface area contributed by atoms with E-state index in [-0.39, 0.29) is 22.2 Å². The lowest BCUT2D eigenvalue weighted by Gasteiger charge is -2.08. The molecule has 2 N–H and O–H groups in total. The summed E-state index contributed by atoms with van der Waals surface area (Å²) in [4.78, 5) is 37.0. The molecule has 0 aliphatic heterocycles. The highest BCUT2D eigenvalue weighted by atomic mass is 35.5. The molecule has 9 heteroatoms. The molecule has 6 nitrogen and oxygen atoms in total. The topological polar surface area (TPSA) is 84.5 Å². The van der Waals surface area contributed by atoms with Gasteiger partial charge in [0.25, 0.3) is 5.91 Å². The Bertz CT molecular complexity index is 833. The van der Waals surface area contributed by atoms with Gasteiger partial charge in [0, 0.05) is 4.88 Å². The molecule has 0 saturated carbocycles. The third kappa shape index (κ3) is 4.59. The summed E-state index contributed by atoms with van der Waals surface area (Å²) in [5.41, 5.74) is -0.240. The number of carbonyl (C=O) groups excluding carboxylic acids is 3. The Labute approximate surface area is 158 Å². The highest BCUT2D eigenvalue weighted by Gasteiger charge is 2.21. The zero-order valence-electron chi connectivity index (χ0n) is 14.0. The van der Waals surface area contributed by atoms with E-state index >= 15 is 0 Å². The van der Waals surface area contributed by atoms with Gasteiger partial charge in [0.1, 0.15) is 10.8 Å². The Balaban J connectivity index is 2.16. The number of thiophene rings is 1. The fourth-order valence-corrected chi connectivity index (χ4v) is 3.31. The number of hydrogen-bond donors (Lipinski definition) is 2. The molecule has 0 atom stereocenters. The summed E-state index contributed by atoms with van der Waals surface area (Å²) in [5, 5.41) is 4.54. The number of amides is 3. The van der Waals surface area contributed by atoms with Gasteiger partial charge in [-0.15, -0.1) is 11.3 Å². The van der Waals surface area contributed by atoms with Crippen LogP contribution in [0.2, 0.25) is 5.02 Å². The average molecular weight is 399 g/mol. The zero-order valence-corrected chi connectivity index (χ0v) is 15.6. The molecule has 1 aromatic carbocycles. The molecule has 0 saturated heterocycles. The molecule has 0 spiro atoms. The van der Waals surface area contributed by atoms with Gasteiger partial charge in [0.2, 0.25) is 0 Å². The van der Waals surface area contributed by atoms with Crippen molar-refractivity contribution in [1.29, 1.82) is 0 Å². The van der Waals surface area contributed by atoms with Crippen LogP contribution in [-0.2, 0) is 11.2 Å². The van der Waals surface area contributed by atoms with Crippen LogP contribution in [0.15, 0.2) is 24.3 Å². The first kappa shape index (κ1) is 19.9. The van der Waals surface area contributed by atoms with Gasteiger partial charge in [-0.25, -0.2) is 14.0 Å². The fraction of sp³-hybridized carbons (Fsp3) is 0.235. The number of nitrogens with one attached hydrogen (secondary N) is 2. The van der Waals surface area contributed by atoms with E-state index < -0.39 is 29.3 Å². The molecule has 26 heavy (non-hydrogen) atoms. The predicted octanol–water partition coefficient (Wildman–Crippen LogP) is 4.24.